The highest BCUT2D eigenvalue weighted by Gasteiger charge is 2.08. The van der Waals surface area contributed by atoms with Crippen LogP contribution in [0.3, 0.4) is 0 Å². The van der Waals surface area contributed by atoms with Crippen molar-refractivity contribution in [3.05, 3.63) is 52.0 Å². The lowest BCUT2D eigenvalue weighted by Gasteiger charge is -2.07. The Bertz CT molecular complexity index is 635. The normalized spacial score (nSPS) is 10.1. The average Bonchev–Trinajstić information content (AvgIpc) is 2.36. The molecule has 2 aromatic rings. The molecule has 0 aromatic heterocycles. The van der Waals surface area contributed by atoms with E-state index >= 15 is 0 Å². The first-order valence-electron chi connectivity index (χ1n) is 5.02. The third-order valence-electron chi connectivity index (χ3n) is 2.24. The van der Waals surface area contributed by atoms with Gasteiger partial charge >= 0.3 is 0 Å². The molecule has 0 unspecified atom stereocenters. The molecule has 0 saturated heterocycles. The molecule has 90 valence electrons. The number of hydrogen-bond acceptors (Lipinski definition) is 3. The lowest BCUT2D eigenvalue weighted by molar-refractivity contribution is 1.35. The van der Waals surface area contributed by atoms with Crippen LogP contribution < -0.4 is 5.73 Å². The van der Waals surface area contributed by atoms with Crippen LogP contribution >= 0.6 is 35.0 Å². The average molecular weight is 295 g/mol. The van der Waals surface area contributed by atoms with Crippen molar-refractivity contribution in [2.24, 2.45) is 0 Å². The second-order valence-corrected chi connectivity index (χ2v) is 5.47. The van der Waals surface area contributed by atoms with E-state index < -0.39 is 0 Å². The quantitative estimate of drug-likeness (QED) is 0.824. The van der Waals surface area contributed by atoms with Crippen molar-refractivity contribution in [1.29, 1.82) is 5.26 Å². The van der Waals surface area contributed by atoms with Crippen molar-refractivity contribution in [2.75, 3.05) is 5.73 Å². The molecule has 0 radical (unpaired) electrons. The summed E-state index contributed by atoms with van der Waals surface area (Å²) in [5, 5.41) is 10.3. The molecule has 0 saturated carbocycles. The van der Waals surface area contributed by atoms with Crippen molar-refractivity contribution in [1.82, 2.24) is 0 Å². The van der Waals surface area contributed by atoms with Gasteiger partial charge in [0.2, 0.25) is 0 Å². The molecular weight excluding hydrogens is 287 g/mol. The minimum Gasteiger partial charge on any atom is -0.399 e. The second kappa shape index (κ2) is 5.53. The van der Waals surface area contributed by atoms with E-state index in [1.54, 1.807) is 36.4 Å². The molecule has 0 fully saturated rings. The predicted octanol–water partition coefficient (Wildman–Crippen LogP) is 4.60. The van der Waals surface area contributed by atoms with E-state index in [4.69, 9.17) is 34.2 Å². The minimum atomic E-state index is 0.524. The maximum atomic E-state index is 9.07. The highest BCUT2D eigenvalue weighted by atomic mass is 35.5. The molecule has 0 aliphatic heterocycles. The van der Waals surface area contributed by atoms with Crippen LogP contribution in [0, 0.1) is 11.3 Å². The molecule has 2 nitrogen and oxygen atoms in total. The predicted molar refractivity (Wildman–Crippen MR) is 76.2 cm³/mol. The summed E-state index contributed by atoms with van der Waals surface area (Å²) in [6.45, 7) is 0. The fraction of sp³-hybridized carbons (Fsp3) is 0. The fourth-order valence-corrected chi connectivity index (χ4v) is 2.81. The van der Waals surface area contributed by atoms with Crippen LogP contribution in [0.2, 0.25) is 10.0 Å². The summed E-state index contributed by atoms with van der Waals surface area (Å²) in [4.78, 5) is 1.61. The maximum absolute atomic E-state index is 9.07. The van der Waals surface area contributed by atoms with E-state index in [-0.39, 0.29) is 0 Å². The molecule has 0 amide bonds. The van der Waals surface area contributed by atoms with Gasteiger partial charge in [-0.15, -0.1) is 0 Å². The van der Waals surface area contributed by atoms with E-state index in [1.807, 2.05) is 0 Å². The maximum Gasteiger partial charge on any atom is 0.100 e. The molecule has 0 aliphatic rings. The Hall–Kier alpha value is -1.34. The zero-order chi connectivity index (χ0) is 13.1. The minimum absolute atomic E-state index is 0.524. The number of benzene rings is 2. The number of rotatable bonds is 2. The second-order valence-electron chi connectivity index (χ2n) is 3.54. The molecule has 0 atom stereocenters. The summed E-state index contributed by atoms with van der Waals surface area (Å²) < 4.78 is 0. The number of hydrogen-bond donors (Lipinski definition) is 1. The summed E-state index contributed by atoms with van der Waals surface area (Å²) in [6, 6.07) is 12.5. The first-order chi connectivity index (χ1) is 8.60. The van der Waals surface area contributed by atoms with Crippen LogP contribution in [0.15, 0.2) is 46.2 Å². The fourth-order valence-electron chi connectivity index (χ4n) is 1.40. The molecule has 2 aromatic carbocycles. The van der Waals surface area contributed by atoms with E-state index in [0.717, 1.165) is 9.79 Å². The summed E-state index contributed by atoms with van der Waals surface area (Å²) in [7, 11) is 0. The van der Waals surface area contributed by atoms with Gasteiger partial charge in [-0.1, -0.05) is 35.0 Å². The van der Waals surface area contributed by atoms with E-state index in [2.05, 4.69) is 6.07 Å². The summed E-state index contributed by atoms with van der Waals surface area (Å²) >= 11 is 13.4. The molecule has 0 heterocycles. The van der Waals surface area contributed by atoms with Gasteiger partial charge in [-0.25, -0.2) is 0 Å². The number of nitriles is 1. The van der Waals surface area contributed by atoms with Crippen molar-refractivity contribution in [3.63, 3.8) is 0 Å². The van der Waals surface area contributed by atoms with Crippen LogP contribution in [-0.4, -0.2) is 0 Å². The van der Waals surface area contributed by atoms with Crippen molar-refractivity contribution < 1.29 is 0 Å². The van der Waals surface area contributed by atoms with Gasteiger partial charge in [-0.3, -0.25) is 0 Å². The van der Waals surface area contributed by atoms with Crippen molar-refractivity contribution >= 4 is 40.7 Å². The Morgan fingerprint density at radius 1 is 1.06 bits per heavy atom. The van der Waals surface area contributed by atoms with Crippen LogP contribution in [0.4, 0.5) is 5.69 Å². The molecule has 18 heavy (non-hydrogen) atoms. The van der Waals surface area contributed by atoms with Gasteiger partial charge in [0.15, 0.2) is 0 Å². The van der Waals surface area contributed by atoms with Gasteiger partial charge in [0.25, 0.3) is 0 Å². The number of anilines is 1. The monoisotopic (exact) mass is 294 g/mol. The van der Waals surface area contributed by atoms with Crippen LogP contribution in [0.5, 0.6) is 0 Å². The van der Waals surface area contributed by atoms with E-state index in [0.29, 0.717) is 21.3 Å². The highest BCUT2D eigenvalue weighted by Crippen LogP contribution is 2.36. The van der Waals surface area contributed by atoms with Gasteiger partial charge in [-0.2, -0.15) is 5.26 Å². The SMILES string of the molecule is N#Cc1cc(N)ccc1Sc1cc(Cl)ccc1Cl. The van der Waals surface area contributed by atoms with Gasteiger partial charge in [0, 0.05) is 20.5 Å². The van der Waals surface area contributed by atoms with Gasteiger partial charge in [0.1, 0.15) is 6.07 Å². The molecule has 0 spiro atoms. The molecule has 5 heteroatoms. The Balaban J connectivity index is 2.40. The molecule has 2 N–H and O–H groups in total. The highest BCUT2D eigenvalue weighted by molar-refractivity contribution is 7.99. The van der Waals surface area contributed by atoms with Gasteiger partial charge < -0.3 is 5.73 Å². The summed E-state index contributed by atoms with van der Waals surface area (Å²) in [6.07, 6.45) is 0. The summed E-state index contributed by atoms with van der Waals surface area (Å²) in [5.41, 5.74) is 6.73. The van der Waals surface area contributed by atoms with Crippen LogP contribution in [0.1, 0.15) is 5.56 Å². The first-order valence-corrected chi connectivity index (χ1v) is 6.60. The Morgan fingerprint density at radius 2 is 1.83 bits per heavy atom. The third-order valence-corrected chi connectivity index (χ3v) is 4.05. The lowest BCUT2D eigenvalue weighted by atomic mass is 10.2. The zero-order valence-electron chi connectivity index (χ0n) is 9.15. The number of halogens is 2. The van der Waals surface area contributed by atoms with Crippen LogP contribution in [0.25, 0.3) is 0 Å². The summed E-state index contributed by atoms with van der Waals surface area (Å²) in [5.74, 6) is 0. The largest absolute Gasteiger partial charge is 0.399 e. The van der Waals surface area contributed by atoms with Gasteiger partial charge in [-0.05, 0) is 36.4 Å². The van der Waals surface area contributed by atoms with Crippen molar-refractivity contribution in [3.8, 4) is 6.07 Å². The van der Waals surface area contributed by atoms with E-state index in [1.165, 1.54) is 11.8 Å². The Labute approximate surface area is 119 Å². The van der Waals surface area contributed by atoms with Crippen molar-refractivity contribution in [2.45, 2.75) is 9.79 Å². The van der Waals surface area contributed by atoms with Crippen LogP contribution in [-0.2, 0) is 0 Å². The molecule has 0 aliphatic carbocycles. The van der Waals surface area contributed by atoms with E-state index in [9.17, 15) is 0 Å². The standard InChI is InChI=1S/C13H8Cl2N2S/c14-9-1-3-11(15)13(6-9)18-12-4-2-10(17)5-8(12)7-16/h1-6H,17H2. The lowest BCUT2D eigenvalue weighted by Crippen LogP contribution is -1.88. The number of nitrogens with two attached hydrogens (primary N) is 1. The Kier molecular flexibility index (Phi) is 4.03. The molecule has 0 bridgehead atoms. The topological polar surface area (TPSA) is 49.8 Å². The first kappa shape index (κ1) is 13.1. The number of nitrogen functional groups attached to an aromatic ring is 1. The third kappa shape index (κ3) is 2.91. The molecular formula is C13H8Cl2N2S. The number of nitrogens with zero attached hydrogens (tertiary/aromatic N) is 1. The van der Waals surface area contributed by atoms with Gasteiger partial charge in [0.05, 0.1) is 10.6 Å². The zero-order valence-corrected chi connectivity index (χ0v) is 11.5. The smallest absolute Gasteiger partial charge is 0.100 e. The molecule has 2 rings (SSSR count). The Morgan fingerprint density at radius 3 is 2.56 bits per heavy atom.